The van der Waals surface area contributed by atoms with E-state index in [1.165, 1.54) is 6.42 Å². The average Bonchev–Trinajstić information content (AvgIpc) is 2.53. The first-order chi connectivity index (χ1) is 9.71. The number of carbonyl (C=O) groups excluding carboxylic acids is 1. The van der Waals surface area contributed by atoms with Gasteiger partial charge in [0.25, 0.3) is 5.91 Å². The maximum Gasteiger partial charge on any atom is 0.257 e. The van der Waals surface area contributed by atoms with Crippen LogP contribution in [0.3, 0.4) is 0 Å². The third-order valence-corrected chi connectivity index (χ3v) is 4.72. The Morgan fingerprint density at radius 2 is 2.25 bits per heavy atom. The van der Waals surface area contributed by atoms with Crippen LogP contribution < -0.4 is 4.74 Å². The zero-order valence-corrected chi connectivity index (χ0v) is 13.3. The Labute approximate surface area is 125 Å². The predicted octanol–water partition coefficient (Wildman–Crippen LogP) is 3.82. The highest BCUT2D eigenvalue weighted by atomic mass is 32.2. The Kier molecular flexibility index (Phi) is 5.35. The van der Waals surface area contributed by atoms with Crippen LogP contribution in [0.4, 0.5) is 0 Å². The van der Waals surface area contributed by atoms with Crippen molar-refractivity contribution >= 4 is 17.7 Å². The number of methoxy groups -OCH3 is 1. The van der Waals surface area contributed by atoms with Crippen molar-refractivity contribution in [1.82, 2.24) is 4.90 Å². The smallest absolute Gasteiger partial charge is 0.257 e. The fourth-order valence-corrected chi connectivity index (χ4v) is 3.25. The molecular formula is C16H23NO2S. The first kappa shape index (κ1) is 15.2. The number of ether oxygens (including phenoxy) is 1. The molecule has 1 aliphatic heterocycles. The van der Waals surface area contributed by atoms with E-state index in [-0.39, 0.29) is 5.91 Å². The van der Waals surface area contributed by atoms with Gasteiger partial charge in [0.05, 0.1) is 12.7 Å². The highest BCUT2D eigenvalue weighted by Gasteiger charge is 2.27. The van der Waals surface area contributed by atoms with Gasteiger partial charge in [0, 0.05) is 17.5 Å². The minimum atomic E-state index is 0.112. The molecule has 0 aromatic heterocycles. The summed E-state index contributed by atoms with van der Waals surface area (Å²) in [6.45, 7) is 3.02. The largest absolute Gasteiger partial charge is 0.496 e. The topological polar surface area (TPSA) is 29.5 Å². The molecule has 1 aliphatic rings. The Morgan fingerprint density at radius 1 is 1.45 bits per heavy atom. The van der Waals surface area contributed by atoms with Crippen LogP contribution in [0.15, 0.2) is 23.1 Å². The minimum Gasteiger partial charge on any atom is -0.496 e. The lowest BCUT2D eigenvalue weighted by atomic mass is 9.98. The maximum absolute atomic E-state index is 12.8. The summed E-state index contributed by atoms with van der Waals surface area (Å²) in [5, 5.41) is 0. The highest BCUT2D eigenvalue weighted by molar-refractivity contribution is 7.98. The van der Waals surface area contributed by atoms with Gasteiger partial charge in [-0.1, -0.05) is 6.92 Å². The molecule has 1 aromatic carbocycles. The van der Waals surface area contributed by atoms with Gasteiger partial charge in [0.2, 0.25) is 0 Å². The predicted molar refractivity (Wildman–Crippen MR) is 83.7 cm³/mol. The van der Waals surface area contributed by atoms with Gasteiger partial charge in [-0.05, 0) is 50.1 Å². The quantitative estimate of drug-likeness (QED) is 0.790. The van der Waals surface area contributed by atoms with E-state index in [9.17, 15) is 4.79 Å². The first-order valence-corrected chi connectivity index (χ1v) is 8.46. The number of nitrogens with zero attached hydrogens (tertiary/aromatic N) is 1. The number of hydrogen-bond acceptors (Lipinski definition) is 3. The molecule has 0 N–H and O–H groups in total. The number of carbonyl (C=O) groups is 1. The van der Waals surface area contributed by atoms with Gasteiger partial charge in [0.15, 0.2) is 0 Å². The number of rotatable bonds is 4. The van der Waals surface area contributed by atoms with Crippen molar-refractivity contribution in [1.29, 1.82) is 0 Å². The van der Waals surface area contributed by atoms with Gasteiger partial charge in [-0.15, -0.1) is 11.8 Å². The number of benzene rings is 1. The highest BCUT2D eigenvalue weighted by Crippen LogP contribution is 2.29. The lowest BCUT2D eigenvalue weighted by molar-refractivity contribution is 0.0604. The van der Waals surface area contributed by atoms with E-state index in [1.54, 1.807) is 18.9 Å². The third-order valence-electron chi connectivity index (χ3n) is 4.00. The van der Waals surface area contributed by atoms with Crippen molar-refractivity contribution in [2.75, 3.05) is 19.9 Å². The average molecular weight is 293 g/mol. The first-order valence-electron chi connectivity index (χ1n) is 7.24. The molecule has 20 heavy (non-hydrogen) atoms. The van der Waals surface area contributed by atoms with Crippen LogP contribution in [0.2, 0.25) is 0 Å². The molecule has 110 valence electrons. The molecular weight excluding hydrogens is 270 g/mol. The standard InChI is InChI=1S/C16H23NO2S/c1-4-12-7-5-6-10-17(12)16(18)14-9-8-13(20-3)11-15(14)19-2/h8-9,11-12H,4-7,10H2,1-3H3. The fraction of sp³-hybridized carbons (Fsp3) is 0.562. The molecule has 0 bridgehead atoms. The molecule has 1 heterocycles. The second-order valence-corrected chi connectivity index (χ2v) is 6.00. The minimum absolute atomic E-state index is 0.112. The molecule has 0 aliphatic carbocycles. The van der Waals surface area contributed by atoms with Crippen LogP contribution in [-0.4, -0.2) is 36.8 Å². The van der Waals surface area contributed by atoms with Crippen molar-refractivity contribution in [3.8, 4) is 5.75 Å². The monoisotopic (exact) mass is 293 g/mol. The molecule has 0 spiro atoms. The molecule has 1 saturated heterocycles. The summed E-state index contributed by atoms with van der Waals surface area (Å²) >= 11 is 1.65. The summed E-state index contributed by atoms with van der Waals surface area (Å²) in [6, 6.07) is 6.21. The lowest BCUT2D eigenvalue weighted by Gasteiger charge is -2.35. The van der Waals surface area contributed by atoms with E-state index in [1.807, 2.05) is 29.4 Å². The van der Waals surface area contributed by atoms with Crippen molar-refractivity contribution in [2.45, 2.75) is 43.5 Å². The van der Waals surface area contributed by atoms with Crippen molar-refractivity contribution in [3.63, 3.8) is 0 Å². The van der Waals surface area contributed by atoms with Gasteiger partial charge in [-0.3, -0.25) is 4.79 Å². The second kappa shape index (κ2) is 7.02. The fourth-order valence-electron chi connectivity index (χ4n) is 2.82. The Morgan fingerprint density at radius 3 is 2.90 bits per heavy atom. The summed E-state index contributed by atoms with van der Waals surface area (Å²) in [7, 11) is 1.63. The van der Waals surface area contributed by atoms with Crippen LogP contribution >= 0.6 is 11.8 Å². The number of amides is 1. The van der Waals surface area contributed by atoms with Crippen molar-refractivity contribution in [2.24, 2.45) is 0 Å². The molecule has 4 heteroatoms. The summed E-state index contributed by atoms with van der Waals surface area (Å²) < 4.78 is 5.41. The lowest BCUT2D eigenvalue weighted by Crippen LogP contribution is -2.43. The number of likely N-dealkylation sites (tertiary alicyclic amines) is 1. The van der Waals surface area contributed by atoms with E-state index in [2.05, 4.69) is 6.92 Å². The van der Waals surface area contributed by atoms with Gasteiger partial charge < -0.3 is 9.64 Å². The molecule has 3 nitrogen and oxygen atoms in total. The van der Waals surface area contributed by atoms with Crippen LogP contribution in [0.25, 0.3) is 0 Å². The summed E-state index contributed by atoms with van der Waals surface area (Å²) in [6.07, 6.45) is 6.50. The van der Waals surface area contributed by atoms with Gasteiger partial charge in [0.1, 0.15) is 5.75 Å². The van der Waals surface area contributed by atoms with Crippen LogP contribution in [0.5, 0.6) is 5.75 Å². The molecule has 0 saturated carbocycles. The van der Waals surface area contributed by atoms with Gasteiger partial charge in [-0.2, -0.15) is 0 Å². The summed E-state index contributed by atoms with van der Waals surface area (Å²) in [5.41, 5.74) is 0.686. The third kappa shape index (κ3) is 3.11. The van der Waals surface area contributed by atoms with Gasteiger partial charge in [-0.25, -0.2) is 0 Å². The number of thioether (sulfide) groups is 1. The molecule has 0 radical (unpaired) electrons. The molecule has 1 unspecified atom stereocenters. The molecule has 1 fully saturated rings. The normalized spacial score (nSPS) is 18.9. The zero-order valence-electron chi connectivity index (χ0n) is 12.5. The Hall–Kier alpha value is -1.16. The van der Waals surface area contributed by atoms with E-state index < -0.39 is 0 Å². The van der Waals surface area contributed by atoms with Gasteiger partial charge >= 0.3 is 0 Å². The summed E-state index contributed by atoms with van der Waals surface area (Å²) in [4.78, 5) is 15.9. The SMILES string of the molecule is CCC1CCCCN1C(=O)c1ccc(SC)cc1OC. The van der Waals surface area contributed by atoms with Crippen LogP contribution in [0.1, 0.15) is 43.0 Å². The molecule has 1 amide bonds. The number of piperidine rings is 1. The van der Waals surface area contributed by atoms with E-state index in [0.717, 1.165) is 30.7 Å². The molecule has 2 rings (SSSR count). The van der Waals surface area contributed by atoms with Crippen LogP contribution in [0, 0.1) is 0 Å². The second-order valence-electron chi connectivity index (χ2n) is 5.12. The molecule has 1 aromatic rings. The molecule has 1 atom stereocenters. The van der Waals surface area contributed by atoms with E-state index in [4.69, 9.17) is 4.74 Å². The van der Waals surface area contributed by atoms with E-state index in [0.29, 0.717) is 17.4 Å². The number of hydrogen-bond donors (Lipinski definition) is 0. The summed E-state index contributed by atoms with van der Waals surface area (Å²) in [5.74, 6) is 0.795. The zero-order chi connectivity index (χ0) is 14.5. The van der Waals surface area contributed by atoms with Crippen molar-refractivity contribution in [3.05, 3.63) is 23.8 Å². The van der Waals surface area contributed by atoms with Crippen LogP contribution in [-0.2, 0) is 0 Å². The van der Waals surface area contributed by atoms with E-state index >= 15 is 0 Å². The maximum atomic E-state index is 12.8. The Balaban J connectivity index is 2.27. The Bertz CT molecular complexity index is 476. The van der Waals surface area contributed by atoms with Crippen molar-refractivity contribution < 1.29 is 9.53 Å².